The topological polar surface area (TPSA) is 59.0 Å². The molecule has 0 fully saturated rings. The largest absolute Gasteiger partial charge is 0.489 e. The highest BCUT2D eigenvalue weighted by molar-refractivity contribution is 5.48. The molecular formula is C15H14N2O. The molecule has 90 valence electrons. The number of nitrogen functional groups attached to an aromatic ring is 1. The molecule has 0 aliphatic carbocycles. The van der Waals surface area contributed by atoms with Crippen molar-refractivity contribution in [3.63, 3.8) is 0 Å². The molecule has 0 aliphatic rings. The summed E-state index contributed by atoms with van der Waals surface area (Å²) in [6.45, 7) is 2.40. The highest BCUT2D eigenvalue weighted by atomic mass is 16.5. The van der Waals surface area contributed by atoms with E-state index >= 15 is 0 Å². The molecule has 0 aromatic heterocycles. The summed E-state index contributed by atoms with van der Waals surface area (Å²) in [6, 6.07) is 15.1. The zero-order valence-electron chi connectivity index (χ0n) is 10.2. The van der Waals surface area contributed by atoms with Crippen molar-refractivity contribution in [3.8, 4) is 11.8 Å². The summed E-state index contributed by atoms with van der Waals surface area (Å²) in [5, 5.41) is 8.82. The Kier molecular flexibility index (Phi) is 3.49. The number of nitriles is 1. The normalized spacial score (nSPS) is 9.78. The third-order valence-corrected chi connectivity index (χ3v) is 2.66. The molecule has 0 heterocycles. The molecule has 0 amide bonds. The third-order valence-electron chi connectivity index (χ3n) is 2.66. The Morgan fingerprint density at radius 2 is 2.06 bits per heavy atom. The minimum Gasteiger partial charge on any atom is -0.489 e. The maximum Gasteiger partial charge on any atom is 0.124 e. The van der Waals surface area contributed by atoms with E-state index in [2.05, 4.69) is 6.07 Å². The van der Waals surface area contributed by atoms with Gasteiger partial charge in [0.1, 0.15) is 12.4 Å². The van der Waals surface area contributed by atoms with Gasteiger partial charge in [-0.05, 0) is 36.2 Å². The summed E-state index contributed by atoms with van der Waals surface area (Å²) in [5.41, 5.74) is 9.05. The van der Waals surface area contributed by atoms with Crippen molar-refractivity contribution >= 4 is 5.69 Å². The van der Waals surface area contributed by atoms with Crippen LogP contribution in [0, 0.1) is 18.3 Å². The van der Waals surface area contributed by atoms with Crippen molar-refractivity contribution in [3.05, 3.63) is 59.2 Å². The highest BCUT2D eigenvalue weighted by Crippen LogP contribution is 2.21. The van der Waals surface area contributed by atoms with Crippen LogP contribution in [0.3, 0.4) is 0 Å². The number of aryl methyl sites for hydroxylation is 1. The van der Waals surface area contributed by atoms with Crippen LogP contribution in [-0.2, 0) is 6.61 Å². The Balaban J connectivity index is 2.11. The molecule has 0 spiro atoms. The van der Waals surface area contributed by atoms with Gasteiger partial charge in [-0.1, -0.05) is 18.2 Å². The maximum absolute atomic E-state index is 8.82. The van der Waals surface area contributed by atoms with Gasteiger partial charge >= 0.3 is 0 Å². The first-order valence-corrected chi connectivity index (χ1v) is 5.67. The van der Waals surface area contributed by atoms with E-state index < -0.39 is 0 Å². The van der Waals surface area contributed by atoms with E-state index in [1.807, 2.05) is 43.3 Å². The number of hydrogen-bond acceptors (Lipinski definition) is 3. The molecule has 0 saturated carbocycles. The fourth-order valence-electron chi connectivity index (χ4n) is 1.66. The Bertz CT molecular complexity index is 600. The number of benzene rings is 2. The quantitative estimate of drug-likeness (QED) is 0.836. The first-order chi connectivity index (χ1) is 8.69. The number of nitrogens with zero attached hydrogens (tertiary/aromatic N) is 1. The standard InChI is InChI=1S/C15H14N2O/c1-11-5-6-14(17)8-15(11)18-10-13-4-2-3-12(7-13)9-16/h2-8H,10,17H2,1H3. The Hall–Kier alpha value is -2.47. The molecule has 0 radical (unpaired) electrons. The Morgan fingerprint density at radius 1 is 1.22 bits per heavy atom. The minimum atomic E-state index is 0.430. The predicted octanol–water partition coefficient (Wildman–Crippen LogP) is 3.03. The van der Waals surface area contributed by atoms with Gasteiger partial charge < -0.3 is 10.5 Å². The molecule has 0 saturated heterocycles. The van der Waals surface area contributed by atoms with E-state index in [0.29, 0.717) is 17.9 Å². The zero-order chi connectivity index (χ0) is 13.0. The van der Waals surface area contributed by atoms with E-state index in [0.717, 1.165) is 16.9 Å². The molecule has 2 rings (SSSR count). The molecule has 0 bridgehead atoms. The first kappa shape index (κ1) is 12.0. The maximum atomic E-state index is 8.82. The fourth-order valence-corrected chi connectivity index (χ4v) is 1.66. The number of nitrogens with two attached hydrogens (primary N) is 1. The lowest BCUT2D eigenvalue weighted by Crippen LogP contribution is -1.98. The van der Waals surface area contributed by atoms with Gasteiger partial charge in [-0.3, -0.25) is 0 Å². The summed E-state index contributed by atoms with van der Waals surface area (Å²) >= 11 is 0. The molecule has 0 unspecified atom stereocenters. The number of hydrogen-bond donors (Lipinski definition) is 1. The lowest BCUT2D eigenvalue weighted by molar-refractivity contribution is 0.304. The first-order valence-electron chi connectivity index (χ1n) is 5.67. The van der Waals surface area contributed by atoms with Crippen molar-refractivity contribution < 1.29 is 4.74 Å². The van der Waals surface area contributed by atoms with Gasteiger partial charge in [0.05, 0.1) is 11.6 Å². The van der Waals surface area contributed by atoms with Gasteiger partial charge in [-0.2, -0.15) is 5.26 Å². The summed E-state index contributed by atoms with van der Waals surface area (Å²) in [7, 11) is 0. The Labute approximate surface area is 106 Å². The monoisotopic (exact) mass is 238 g/mol. The van der Waals surface area contributed by atoms with Crippen LogP contribution in [0.1, 0.15) is 16.7 Å². The lowest BCUT2D eigenvalue weighted by Gasteiger charge is -2.10. The molecule has 3 heteroatoms. The van der Waals surface area contributed by atoms with Crippen molar-refractivity contribution in [1.82, 2.24) is 0 Å². The van der Waals surface area contributed by atoms with Crippen LogP contribution in [0.25, 0.3) is 0 Å². The summed E-state index contributed by atoms with van der Waals surface area (Å²) in [5.74, 6) is 0.775. The van der Waals surface area contributed by atoms with Crippen LogP contribution in [0.15, 0.2) is 42.5 Å². The molecule has 2 N–H and O–H groups in total. The van der Waals surface area contributed by atoms with Gasteiger partial charge in [0.15, 0.2) is 0 Å². The van der Waals surface area contributed by atoms with Crippen LogP contribution in [0.4, 0.5) is 5.69 Å². The van der Waals surface area contributed by atoms with Crippen LogP contribution < -0.4 is 10.5 Å². The van der Waals surface area contributed by atoms with Crippen molar-refractivity contribution in [2.24, 2.45) is 0 Å². The average Bonchev–Trinajstić information content (AvgIpc) is 2.40. The molecule has 3 nitrogen and oxygen atoms in total. The summed E-state index contributed by atoms with van der Waals surface area (Å²) in [4.78, 5) is 0. The lowest BCUT2D eigenvalue weighted by atomic mass is 10.1. The molecule has 18 heavy (non-hydrogen) atoms. The minimum absolute atomic E-state index is 0.430. The van der Waals surface area contributed by atoms with Crippen molar-refractivity contribution in [2.75, 3.05) is 5.73 Å². The van der Waals surface area contributed by atoms with Crippen LogP contribution >= 0.6 is 0 Å². The van der Waals surface area contributed by atoms with E-state index in [-0.39, 0.29) is 0 Å². The smallest absolute Gasteiger partial charge is 0.124 e. The molecule has 2 aromatic carbocycles. The predicted molar refractivity (Wildman–Crippen MR) is 71.1 cm³/mol. The van der Waals surface area contributed by atoms with Crippen LogP contribution in [-0.4, -0.2) is 0 Å². The van der Waals surface area contributed by atoms with Gasteiger partial charge in [0.25, 0.3) is 0 Å². The molecule has 0 atom stereocenters. The SMILES string of the molecule is Cc1ccc(N)cc1OCc1cccc(C#N)c1. The summed E-state index contributed by atoms with van der Waals surface area (Å²) < 4.78 is 5.71. The Morgan fingerprint density at radius 3 is 2.83 bits per heavy atom. The van der Waals surface area contributed by atoms with Gasteiger partial charge in [0, 0.05) is 11.8 Å². The summed E-state index contributed by atoms with van der Waals surface area (Å²) in [6.07, 6.45) is 0. The second-order valence-electron chi connectivity index (χ2n) is 4.13. The van der Waals surface area contributed by atoms with Gasteiger partial charge in [0.2, 0.25) is 0 Å². The van der Waals surface area contributed by atoms with Crippen LogP contribution in [0.2, 0.25) is 0 Å². The second kappa shape index (κ2) is 5.24. The number of anilines is 1. The van der Waals surface area contributed by atoms with Crippen molar-refractivity contribution in [1.29, 1.82) is 5.26 Å². The number of rotatable bonds is 3. The zero-order valence-corrected chi connectivity index (χ0v) is 10.2. The molecular weight excluding hydrogens is 224 g/mol. The molecule has 0 aliphatic heterocycles. The average molecular weight is 238 g/mol. The van der Waals surface area contributed by atoms with Gasteiger partial charge in [-0.25, -0.2) is 0 Å². The van der Waals surface area contributed by atoms with E-state index in [9.17, 15) is 0 Å². The molecule has 2 aromatic rings. The van der Waals surface area contributed by atoms with E-state index in [4.69, 9.17) is 15.7 Å². The van der Waals surface area contributed by atoms with Crippen LogP contribution in [0.5, 0.6) is 5.75 Å². The van der Waals surface area contributed by atoms with Crippen molar-refractivity contribution in [2.45, 2.75) is 13.5 Å². The van der Waals surface area contributed by atoms with E-state index in [1.54, 1.807) is 6.07 Å². The van der Waals surface area contributed by atoms with Gasteiger partial charge in [-0.15, -0.1) is 0 Å². The third kappa shape index (κ3) is 2.80. The number of ether oxygens (including phenoxy) is 1. The van der Waals surface area contributed by atoms with E-state index in [1.165, 1.54) is 0 Å². The second-order valence-corrected chi connectivity index (χ2v) is 4.13. The highest BCUT2D eigenvalue weighted by Gasteiger charge is 2.01. The fraction of sp³-hybridized carbons (Fsp3) is 0.133.